The minimum absolute atomic E-state index is 0.304. The van der Waals surface area contributed by atoms with Crippen molar-refractivity contribution >= 4 is 0 Å². The molecular weight excluding hydrogens is 236 g/mol. The van der Waals surface area contributed by atoms with Crippen molar-refractivity contribution in [1.29, 1.82) is 0 Å². The highest BCUT2D eigenvalue weighted by atomic mass is 16.5. The molecule has 0 amide bonds. The van der Waals surface area contributed by atoms with Crippen LogP contribution in [-0.4, -0.2) is 58.9 Å². The average molecular weight is 258 g/mol. The number of aromatic nitrogens is 3. The van der Waals surface area contributed by atoms with Gasteiger partial charge in [0, 0.05) is 20.2 Å². The summed E-state index contributed by atoms with van der Waals surface area (Å²) in [6.07, 6.45) is 1.12. The van der Waals surface area contributed by atoms with E-state index in [-0.39, 0.29) is 0 Å². The van der Waals surface area contributed by atoms with Gasteiger partial charge in [-0.1, -0.05) is 0 Å². The van der Waals surface area contributed by atoms with Crippen molar-refractivity contribution in [1.82, 2.24) is 20.1 Å². The summed E-state index contributed by atoms with van der Waals surface area (Å²) in [5.41, 5.74) is 0. The predicted octanol–water partition coefficient (Wildman–Crippen LogP) is -0.681. The van der Waals surface area contributed by atoms with E-state index in [0.29, 0.717) is 39.5 Å². The maximum absolute atomic E-state index is 9.63. The Morgan fingerprint density at radius 2 is 2.22 bits per heavy atom. The normalized spacial score (nSPS) is 12.8. The van der Waals surface area contributed by atoms with Crippen LogP contribution in [0.4, 0.5) is 0 Å². The second kappa shape index (κ2) is 8.98. The second-order valence-electron chi connectivity index (χ2n) is 3.91. The minimum Gasteiger partial charge on any atom is -0.389 e. The first-order valence-corrected chi connectivity index (χ1v) is 6.11. The molecule has 2 N–H and O–H groups in total. The first kappa shape index (κ1) is 15.0. The van der Waals surface area contributed by atoms with Crippen LogP contribution in [0.15, 0.2) is 6.33 Å². The summed E-state index contributed by atoms with van der Waals surface area (Å²) in [7, 11) is 1.88. The third-order valence-electron chi connectivity index (χ3n) is 2.35. The lowest BCUT2D eigenvalue weighted by Gasteiger charge is -2.12. The molecule has 1 atom stereocenters. The molecule has 1 heterocycles. The summed E-state index contributed by atoms with van der Waals surface area (Å²) in [5, 5.41) is 20.4. The smallest absolute Gasteiger partial charge is 0.146 e. The van der Waals surface area contributed by atoms with E-state index in [1.807, 2.05) is 18.5 Å². The minimum atomic E-state index is -0.528. The zero-order valence-corrected chi connectivity index (χ0v) is 11.0. The molecule has 0 spiro atoms. The van der Waals surface area contributed by atoms with Crippen molar-refractivity contribution in [3.63, 3.8) is 0 Å². The van der Waals surface area contributed by atoms with E-state index in [0.717, 1.165) is 5.82 Å². The molecule has 0 aromatic carbocycles. The number of nitrogens with one attached hydrogen (secondary N) is 1. The first-order valence-electron chi connectivity index (χ1n) is 6.11. The number of aryl methyl sites for hydroxylation is 1. The van der Waals surface area contributed by atoms with Crippen LogP contribution in [0.3, 0.4) is 0 Å². The number of hydrogen-bond acceptors (Lipinski definition) is 6. The van der Waals surface area contributed by atoms with Gasteiger partial charge in [-0.3, -0.25) is 0 Å². The summed E-state index contributed by atoms with van der Waals surface area (Å²) in [6, 6.07) is 0. The highest BCUT2D eigenvalue weighted by Gasteiger charge is 2.05. The molecule has 0 saturated carbocycles. The molecule has 1 aromatic heterocycles. The van der Waals surface area contributed by atoms with Gasteiger partial charge < -0.3 is 24.5 Å². The van der Waals surface area contributed by atoms with Crippen molar-refractivity contribution in [3.8, 4) is 0 Å². The van der Waals surface area contributed by atoms with Gasteiger partial charge in [0.15, 0.2) is 0 Å². The number of aliphatic hydroxyl groups excluding tert-OH is 1. The van der Waals surface area contributed by atoms with Crippen molar-refractivity contribution in [2.24, 2.45) is 7.05 Å². The Morgan fingerprint density at radius 1 is 1.44 bits per heavy atom. The maximum Gasteiger partial charge on any atom is 0.146 e. The van der Waals surface area contributed by atoms with Crippen LogP contribution in [0.2, 0.25) is 0 Å². The Morgan fingerprint density at radius 3 is 2.89 bits per heavy atom. The molecule has 7 heteroatoms. The Hall–Kier alpha value is -1.02. The van der Waals surface area contributed by atoms with E-state index in [2.05, 4.69) is 15.5 Å². The van der Waals surface area contributed by atoms with Gasteiger partial charge in [-0.15, -0.1) is 10.2 Å². The summed E-state index contributed by atoms with van der Waals surface area (Å²) in [6.45, 7) is 5.03. The second-order valence-corrected chi connectivity index (χ2v) is 3.91. The van der Waals surface area contributed by atoms with E-state index in [1.165, 1.54) is 0 Å². The molecule has 0 radical (unpaired) electrons. The maximum atomic E-state index is 9.63. The summed E-state index contributed by atoms with van der Waals surface area (Å²) >= 11 is 0. The standard InChI is InChI=1S/C11H22N4O3/c1-3-17-4-5-18-8-10(16)6-12-7-11-14-13-9-15(11)2/h9-10,12,16H,3-8H2,1-2H3. The fraction of sp³-hybridized carbons (Fsp3) is 0.818. The van der Waals surface area contributed by atoms with Crippen LogP contribution in [0, 0.1) is 0 Å². The molecule has 0 aliphatic rings. The lowest BCUT2D eigenvalue weighted by atomic mass is 10.3. The fourth-order valence-corrected chi connectivity index (χ4v) is 1.36. The van der Waals surface area contributed by atoms with Crippen LogP contribution in [0.5, 0.6) is 0 Å². The van der Waals surface area contributed by atoms with Gasteiger partial charge in [-0.05, 0) is 6.92 Å². The third-order valence-corrected chi connectivity index (χ3v) is 2.35. The molecule has 0 aliphatic heterocycles. The van der Waals surface area contributed by atoms with Crippen molar-refractivity contribution in [3.05, 3.63) is 12.2 Å². The highest BCUT2D eigenvalue weighted by molar-refractivity contribution is 4.83. The number of ether oxygens (including phenoxy) is 2. The van der Waals surface area contributed by atoms with E-state index in [1.54, 1.807) is 6.33 Å². The lowest BCUT2D eigenvalue weighted by Crippen LogP contribution is -2.31. The van der Waals surface area contributed by atoms with Gasteiger partial charge in [0.25, 0.3) is 0 Å². The molecule has 0 fully saturated rings. The molecule has 1 rings (SSSR count). The van der Waals surface area contributed by atoms with Gasteiger partial charge in [-0.25, -0.2) is 0 Å². The van der Waals surface area contributed by atoms with Crippen LogP contribution >= 0.6 is 0 Å². The quantitative estimate of drug-likeness (QED) is 0.541. The van der Waals surface area contributed by atoms with Crippen molar-refractivity contribution in [2.45, 2.75) is 19.6 Å². The van der Waals surface area contributed by atoms with Gasteiger partial charge in [0.2, 0.25) is 0 Å². The summed E-state index contributed by atoms with van der Waals surface area (Å²) < 4.78 is 12.2. The predicted molar refractivity (Wildman–Crippen MR) is 66.0 cm³/mol. The number of hydrogen-bond donors (Lipinski definition) is 2. The zero-order chi connectivity index (χ0) is 13.2. The Bertz CT molecular complexity index is 319. The van der Waals surface area contributed by atoms with Gasteiger partial charge >= 0.3 is 0 Å². The SMILES string of the molecule is CCOCCOCC(O)CNCc1nncn1C. The van der Waals surface area contributed by atoms with E-state index in [4.69, 9.17) is 9.47 Å². The van der Waals surface area contributed by atoms with Crippen LogP contribution < -0.4 is 5.32 Å². The van der Waals surface area contributed by atoms with E-state index >= 15 is 0 Å². The molecule has 18 heavy (non-hydrogen) atoms. The van der Waals surface area contributed by atoms with Crippen molar-refractivity contribution in [2.75, 3.05) is 33.0 Å². The van der Waals surface area contributed by atoms with Crippen LogP contribution in [0.1, 0.15) is 12.7 Å². The van der Waals surface area contributed by atoms with E-state index in [9.17, 15) is 5.11 Å². The molecule has 1 aromatic rings. The number of aliphatic hydroxyl groups is 1. The fourth-order valence-electron chi connectivity index (χ4n) is 1.36. The molecule has 0 bridgehead atoms. The zero-order valence-electron chi connectivity index (χ0n) is 11.0. The summed E-state index contributed by atoms with van der Waals surface area (Å²) in [4.78, 5) is 0. The molecular formula is C11H22N4O3. The van der Waals surface area contributed by atoms with Crippen LogP contribution in [-0.2, 0) is 23.1 Å². The Balaban J connectivity index is 2.00. The molecule has 7 nitrogen and oxygen atoms in total. The molecule has 1 unspecified atom stereocenters. The highest BCUT2D eigenvalue weighted by Crippen LogP contribution is 1.91. The summed E-state index contributed by atoms with van der Waals surface area (Å²) in [5.74, 6) is 0.833. The largest absolute Gasteiger partial charge is 0.389 e. The van der Waals surface area contributed by atoms with Gasteiger partial charge in [0.1, 0.15) is 12.2 Å². The van der Waals surface area contributed by atoms with Crippen LogP contribution in [0.25, 0.3) is 0 Å². The molecule has 104 valence electrons. The third kappa shape index (κ3) is 6.06. The molecule has 0 saturated heterocycles. The van der Waals surface area contributed by atoms with Crippen molar-refractivity contribution < 1.29 is 14.6 Å². The monoisotopic (exact) mass is 258 g/mol. The average Bonchev–Trinajstić information content (AvgIpc) is 2.75. The molecule has 0 aliphatic carbocycles. The Kier molecular flexibility index (Phi) is 7.51. The van der Waals surface area contributed by atoms with Gasteiger partial charge in [-0.2, -0.15) is 0 Å². The number of nitrogens with zero attached hydrogens (tertiary/aromatic N) is 3. The Labute approximate surface area is 107 Å². The van der Waals surface area contributed by atoms with E-state index < -0.39 is 6.10 Å². The number of rotatable bonds is 10. The first-order chi connectivity index (χ1) is 8.74. The van der Waals surface area contributed by atoms with Gasteiger partial charge in [0.05, 0.1) is 32.5 Å². The topological polar surface area (TPSA) is 81.4 Å². The lowest BCUT2D eigenvalue weighted by molar-refractivity contribution is 0.00637.